The van der Waals surface area contributed by atoms with Crippen molar-refractivity contribution in [2.75, 3.05) is 20.3 Å². The summed E-state index contributed by atoms with van der Waals surface area (Å²) in [5.74, 6) is 1.52. The van der Waals surface area contributed by atoms with E-state index in [1.807, 2.05) is 19.5 Å². The lowest BCUT2D eigenvalue weighted by Gasteiger charge is -2.42. The van der Waals surface area contributed by atoms with Gasteiger partial charge in [0, 0.05) is 51.7 Å². The van der Waals surface area contributed by atoms with Crippen LogP contribution in [0, 0.1) is 5.92 Å². The van der Waals surface area contributed by atoms with Gasteiger partial charge in [-0.25, -0.2) is 4.98 Å². The number of nitrogens with zero attached hydrogens (tertiary/aromatic N) is 2. The quantitative estimate of drug-likeness (QED) is 0.867. The number of rotatable bonds is 6. The molecule has 136 valence electrons. The second kappa shape index (κ2) is 7.98. The summed E-state index contributed by atoms with van der Waals surface area (Å²) < 4.78 is 14.2. The third kappa shape index (κ3) is 3.68. The van der Waals surface area contributed by atoms with E-state index >= 15 is 0 Å². The van der Waals surface area contributed by atoms with Crippen LogP contribution in [0.5, 0.6) is 0 Å². The van der Waals surface area contributed by atoms with Gasteiger partial charge in [-0.3, -0.25) is 0 Å². The summed E-state index contributed by atoms with van der Waals surface area (Å²) in [6.45, 7) is 4.09. The molecule has 5 nitrogen and oxygen atoms in total. The molecule has 3 rings (SSSR count). The van der Waals surface area contributed by atoms with Crippen LogP contribution in [0.3, 0.4) is 0 Å². The van der Waals surface area contributed by atoms with Gasteiger partial charge < -0.3 is 19.4 Å². The van der Waals surface area contributed by atoms with Gasteiger partial charge in [0.25, 0.3) is 0 Å². The molecule has 2 fully saturated rings. The van der Waals surface area contributed by atoms with Crippen LogP contribution in [-0.2, 0) is 16.5 Å². The zero-order chi connectivity index (χ0) is 17.0. The van der Waals surface area contributed by atoms with Gasteiger partial charge >= 0.3 is 0 Å². The fraction of sp³-hybridized carbons (Fsp3) is 0.842. The molecular weight excluding hydrogens is 302 g/mol. The van der Waals surface area contributed by atoms with Crippen molar-refractivity contribution in [2.45, 2.75) is 69.6 Å². The molecule has 5 heteroatoms. The highest BCUT2D eigenvalue weighted by Gasteiger charge is 2.38. The Balaban J connectivity index is 1.62. The molecule has 1 N–H and O–H groups in total. The number of methoxy groups -OCH3 is 1. The first-order valence-corrected chi connectivity index (χ1v) is 9.53. The summed E-state index contributed by atoms with van der Waals surface area (Å²) in [6.07, 6.45) is 12.5. The van der Waals surface area contributed by atoms with E-state index in [0.717, 1.165) is 25.4 Å². The number of aryl methyl sites for hydroxylation is 1. The number of hydrogen-bond donors (Lipinski definition) is 1. The van der Waals surface area contributed by atoms with Crippen LogP contribution in [0.2, 0.25) is 0 Å². The maximum Gasteiger partial charge on any atom is 0.137 e. The number of aromatic nitrogens is 2. The highest BCUT2D eigenvalue weighted by Crippen LogP contribution is 2.35. The highest BCUT2D eigenvalue weighted by atomic mass is 16.5. The molecular formula is C19H33N3O2. The molecule has 3 atom stereocenters. The third-order valence-electron chi connectivity index (χ3n) is 6.14. The van der Waals surface area contributed by atoms with Crippen LogP contribution in [-0.4, -0.2) is 41.5 Å². The van der Waals surface area contributed by atoms with Crippen molar-refractivity contribution >= 4 is 0 Å². The predicted octanol–water partition coefficient (Wildman–Crippen LogP) is 3.22. The van der Waals surface area contributed by atoms with E-state index in [2.05, 4.69) is 28.8 Å². The molecule has 1 saturated heterocycles. The van der Waals surface area contributed by atoms with Crippen molar-refractivity contribution in [3.8, 4) is 0 Å². The summed E-state index contributed by atoms with van der Waals surface area (Å²) in [7, 11) is 3.93. The maximum atomic E-state index is 6.09. The van der Waals surface area contributed by atoms with Crippen LogP contribution >= 0.6 is 0 Å². The van der Waals surface area contributed by atoms with Gasteiger partial charge in [0.1, 0.15) is 11.9 Å². The summed E-state index contributed by atoms with van der Waals surface area (Å²) >= 11 is 0. The fourth-order valence-corrected chi connectivity index (χ4v) is 4.47. The molecule has 2 heterocycles. The van der Waals surface area contributed by atoms with Crippen molar-refractivity contribution in [1.82, 2.24) is 14.9 Å². The second-order valence-electron chi connectivity index (χ2n) is 7.55. The predicted molar refractivity (Wildman–Crippen MR) is 94.9 cm³/mol. The van der Waals surface area contributed by atoms with E-state index in [0.29, 0.717) is 12.0 Å². The largest absolute Gasteiger partial charge is 0.377 e. The molecule has 2 aliphatic rings. The minimum absolute atomic E-state index is 0.00644. The molecule has 1 aromatic rings. The van der Waals surface area contributed by atoms with E-state index in [1.165, 1.54) is 38.5 Å². The number of ether oxygens (including phenoxy) is 2. The van der Waals surface area contributed by atoms with Crippen molar-refractivity contribution in [1.29, 1.82) is 0 Å². The summed E-state index contributed by atoms with van der Waals surface area (Å²) in [6, 6.07) is 0.367. The van der Waals surface area contributed by atoms with Gasteiger partial charge in [-0.15, -0.1) is 0 Å². The van der Waals surface area contributed by atoms with Crippen LogP contribution in [0.4, 0.5) is 0 Å². The van der Waals surface area contributed by atoms with Gasteiger partial charge in [0.2, 0.25) is 0 Å². The average molecular weight is 335 g/mol. The normalized spacial score (nSPS) is 28.6. The Morgan fingerprint density at radius 2 is 2.17 bits per heavy atom. The van der Waals surface area contributed by atoms with E-state index in [4.69, 9.17) is 9.47 Å². The lowest BCUT2D eigenvalue weighted by Crippen LogP contribution is -2.53. The van der Waals surface area contributed by atoms with Crippen LogP contribution in [0.1, 0.15) is 63.8 Å². The smallest absolute Gasteiger partial charge is 0.137 e. The molecule has 0 amide bonds. The Morgan fingerprint density at radius 3 is 2.83 bits per heavy atom. The van der Waals surface area contributed by atoms with E-state index in [1.54, 1.807) is 0 Å². The Bertz CT molecular complexity index is 510. The second-order valence-corrected chi connectivity index (χ2v) is 7.55. The van der Waals surface area contributed by atoms with Gasteiger partial charge in [0.15, 0.2) is 0 Å². The molecule has 0 radical (unpaired) electrons. The molecule has 24 heavy (non-hydrogen) atoms. The third-order valence-corrected chi connectivity index (χ3v) is 6.14. The van der Waals surface area contributed by atoms with Gasteiger partial charge in [-0.1, -0.05) is 19.3 Å². The number of hydrogen-bond acceptors (Lipinski definition) is 4. The maximum absolute atomic E-state index is 6.09. The Hall–Kier alpha value is -0.910. The topological polar surface area (TPSA) is 48.3 Å². The lowest BCUT2D eigenvalue weighted by atomic mass is 9.79. The molecule has 1 saturated carbocycles. The molecule has 0 spiro atoms. The van der Waals surface area contributed by atoms with Crippen LogP contribution in [0.15, 0.2) is 12.4 Å². The summed E-state index contributed by atoms with van der Waals surface area (Å²) in [4.78, 5) is 4.52. The van der Waals surface area contributed by atoms with Gasteiger partial charge in [-0.05, 0) is 32.6 Å². The monoisotopic (exact) mass is 335 g/mol. The Kier molecular flexibility index (Phi) is 5.95. The SMILES string of the molecule is COC1(C(C)NC[C@@H]2CCCO[C@H]2c2nccn2C)CCCCC1. The fourth-order valence-electron chi connectivity index (χ4n) is 4.47. The van der Waals surface area contributed by atoms with Crippen molar-refractivity contribution in [3.05, 3.63) is 18.2 Å². The number of imidazole rings is 1. The first-order chi connectivity index (χ1) is 11.7. The van der Waals surface area contributed by atoms with Crippen LogP contribution < -0.4 is 5.32 Å². The van der Waals surface area contributed by atoms with Gasteiger partial charge in [0.05, 0.1) is 5.60 Å². The average Bonchev–Trinajstić information content (AvgIpc) is 3.06. The molecule has 1 aromatic heterocycles. The first kappa shape index (κ1) is 17.9. The van der Waals surface area contributed by atoms with E-state index in [9.17, 15) is 0 Å². The minimum atomic E-state index is 0.00644. The van der Waals surface area contributed by atoms with Crippen molar-refractivity contribution in [3.63, 3.8) is 0 Å². The molecule has 1 aliphatic heterocycles. The highest BCUT2D eigenvalue weighted by molar-refractivity contribution is 5.01. The van der Waals surface area contributed by atoms with Gasteiger partial charge in [-0.2, -0.15) is 0 Å². The van der Waals surface area contributed by atoms with Crippen LogP contribution in [0.25, 0.3) is 0 Å². The van der Waals surface area contributed by atoms with Crippen molar-refractivity contribution < 1.29 is 9.47 Å². The standard InChI is InChI=1S/C19H33N3O2/c1-15(19(23-3)9-5-4-6-10-19)21-14-16-8-7-13-24-17(16)18-20-11-12-22(18)2/h11-12,15-17,21H,4-10,13-14H2,1-3H3/t15?,16-,17+/m0/s1. The molecule has 1 unspecified atom stereocenters. The molecule has 0 bridgehead atoms. The number of nitrogens with one attached hydrogen (secondary N) is 1. The Labute approximate surface area is 146 Å². The lowest BCUT2D eigenvalue weighted by molar-refractivity contribution is -0.0700. The molecule has 0 aromatic carbocycles. The van der Waals surface area contributed by atoms with E-state index < -0.39 is 0 Å². The molecule has 1 aliphatic carbocycles. The summed E-state index contributed by atoms with van der Waals surface area (Å²) in [5, 5.41) is 3.78. The summed E-state index contributed by atoms with van der Waals surface area (Å²) in [5.41, 5.74) is 0.00644. The van der Waals surface area contributed by atoms with E-state index in [-0.39, 0.29) is 11.7 Å². The van der Waals surface area contributed by atoms with Crippen molar-refractivity contribution in [2.24, 2.45) is 13.0 Å². The zero-order valence-corrected chi connectivity index (χ0v) is 15.5. The first-order valence-electron chi connectivity index (χ1n) is 9.53. The minimum Gasteiger partial charge on any atom is -0.377 e. The zero-order valence-electron chi connectivity index (χ0n) is 15.5. The Morgan fingerprint density at radius 1 is 1.38 bits per heavy atom.